The van der Waals surface area contributed by atoms with Crippen molar-refractivity contribution in [3.05, 3.63) is 42.5 Å². The van der Waals surface area contributed by atoms with Gasteiger partial charge in [0.1, 0.15) is 5.75 Å². The lowest BCUT2D eigenvalue weighted by Gasteiger charge is -2.11. The first-order chi connectivity index (χ1) is 9.13. The molecule has 104 valence electrons. The summed E-state index contributed by atoms with van der Waals surface area (Å²) < 4.78 is 5.63. The lowest BCUT2D eigenvalue weighted by atomic mass is 10.2. The SMILES string of the molecule is C=CCNC(=O)C(C)SCCOc1cccc(C)c1. The molecule has 1 rings (SSSR count). The maximum Gasteiger partial charge on any atom is 0.233 e. The fourth-order valence-electron chi connectivity index (χ4n) is 1.48. The van der Waals surface area contributed by atoms with Crippen molar-refractivity contribution in [2.75, 3.05) is 18.9 Å². The van der Waals surface area contributed by atoms with Gasteiger partial charge in [0.05, 0.1) is 11.9 Å². The summed E-state index contributed by atoms with van der Waals surface area (Å²) in [6.07, 6.45) is 1.68. The fourth-order valence-corrected chi connectivity index (χ4v) is 2.25. The van der Waals surface area contributed by atoms with E-state index in [-0.39, 0.29) is 11.2 Å². The Balaban J connectivity index is 2.20. The zero-order chi connectivity index (χ0) is 14.1. The van der Waals surface area contributed by atoms with Gasteiger partial charge >= 0.3 is 0 Å². The van der Waals surface area contributed by atoms with E-state index in [1.165, 1.54) is 5.56 Å². The molecule has 1 aromatic carbocycles. The van der Waals surface area contributed by atoms with E-state index in [1.54, 1.807) is 17.8 Å². The van der Waals surface area contributed by atoms with Gasteiger partial charge in [0, 0.05) is 12.3 Å². The van der Waals surface area contributed by atoms with E-state index >= 15 is 0 Å². The van der Waals surface area contributed by atoms with E-state index in [9.17, 15) is 4.79 Å². The smallest absolute Gasteiger partial charge is 0.233 e. The zero-order valence-corrected chi connectivity index (χ0v) is 12.3. The van der Waals surface area contributed by atoms with Crippen LogP contribution in [0.4, 0.5) is 0 Å². The summed E-state index contributed by atoms with van der Waals surface area (Å²) in [6, 6.07) is 7.96. The van der Waals surface area contributed by atoms with E-state index < -0.39 is 0 Å². The van der Waals surface area contributed by atoms with Crippen molar-refractivity contribution < 1.29 is 9.53 Å². The summed E-state index contributed by atoms with van der Waals surface area (Å²) in [4.78, 5) is 11.6. The van der Waals surface area contributed by atoms with Crippen LogP contribution in [0.25, 0.3) is 0 Å². The molecule has 0 fully saturated rings. The first-order valence-corrected chi connectivity index (χ1v) is 7.38. The molecule has 0 heterocycles. The van der Waals surface area contributed by atoms with E-state index in [1.807, 2.05) is 38.1 Å². The van der Waals surface area contributed by atoms with Crippen molar-refractivity contribution in [2.24, 2.45) is 0 Å². The topological polar surface area (TPSA) is 38.3 Å². The number of amides is 1. The van der Waals surface area contributed by atoms with Crippen molar-refractivity contribution in [3.8, 4) is 5.75 Å². The van der Waals surface area contributed by atoms with Crippen LogP contribution in [0, 0.1) is 6.92 Å². The molecule has 0 saturated carbocycles. The van der Waals surface area contributed by atoms with E-state index in [4.69, 9.17) is 4.74 Å². The minimum Gasteiger partial charge on any atom is -0.493 e. The molecule has 0 aromatic heterocycles. The van der Waals surface area contributed by atoms with Gasteiger partial charge in [-0.1, -0.05) is 18.2 Å². The lowest BCUT2D eigenvalue weighted by molar-refractivity contribution is -0.120. The lowest BCUT2D eigenvalue weighted by Crippen LogP contribution is -2.31. The zero-order valence-electron chi connectivity index (χ0n) is 11.5. The Morgan fingerprint density at radius 3 is 3.05 bits per heavy atom. The van der Waals surface area contributed by atoms with Gasteiger partial charge < -0.3 is 10.1 Å². The van der Waals surface area contributed by atoms with Crippen molar-refractivity contribution in [3.63, 3.8) is 0 Å². The first kappa shape index (κ1) is 15.6. The molecule has 1 N–H and O–H groups in total. The van der Waals surface area contributed by atoms with Gasteiger partial charge in [-0.25, -0.2) is 0 Å². The van der Waals surface area contributed by atoms with Gasteiger partial charge in [0.2, 0.25) is 5.91 Å². The molecule has 0 radical (unpaired) electrons. The van der Waals surface area contributed by atoms with Crippen molar-refractivity contribution >= 4 is 17.7 Å². The molecule has 0 saturated heterocycles. The summed E-state index contributed by atoms with van der Waals surface area (Å²) in [5.74, 6) is 1.71. The maximum atomic E-state index is 11.6. The highest BCUT2D eigenvalue weighted by molar-refractivity contribution is 8.00. The second kappa shape index (κ2) is 8.64. The summed E-state index contributed by atoms with van der Waals surface area (Å²) in [7, 11) is 0. The molecule has 1 aromatic rings. The summed E-state index contributed by atoms with van der Waals surface area (Å²) in [5, 5.41) is 2.71. The molecule has 0 aliphatic rings. The van der Waals surface area contributed by atoms with Crippen LogP contribution in [-0.2, 0) is 4.79 Å². The molecule has 0 aliphatic heterocycles. The number of thioether (sulfide) groups is 1. The summed E-state index contributed by atoms with van der Waals surface area (Å²) >= 11 is 1.59. The van der Waals surface area contributed by atoms with Crippen LogP contribution in [0.2, 0.25) is 0 Å². The van der Waals surface area contributed by atoms with Gasteiger partial charge in [0.15, 0.2) is 0 Å². The monoisotopic (exact) mass is 279 g/mol. The predicted molar refractivity (Wildman–Crippen MR) is 81.8 cm³/mol. The number of hydrogen-bond donors (Lipinski definition) is 1. The molecule has 4 heteroatoms. The van der Waals surface area contributed by atoms with E-state index in [2.05, 4.69) is 11.9 Å². The second-order valence-corrected chi connectivity index (χ2v) is 5.66. The molecule has 19 heavy (non-hydrogen) atoms. The van der Waals surface area contributed by atoms with Gasteiger partial charge in [-0.05, 0) is 31.5 Å². The number of hydrogen-bond acceptors (Lipinski definition) is 3. The van der Waals surface area contributed by atoms with Crippen LogP contribution >= 0.6 is 11.8 Å². The van der Waals surface area contributed by atoms with Crippen molar-refractivity contribution in [1.29, 1.82) is 0 Å². The van der Waals surface area contributed by atoms with Crippen molar-refractivity contribution in [2.45, 2.75) is 19.1 Å². The van der Waals surface area contributed by atoms with Crippen LogP contribution in [-0.4, -0.2) is 30.1 Å². The molecule has 0 bridgehead atoms. The standard InChI is InChI=1S/C15H21NO2S/c1-4-8-16-15(17)13(3)19-10-9-18-14-7-5-6-12(2)11-14/h4-7,11,13H,1,8-10H2,2-3H3,(H,16,17). The van der Waals surface area contributed by atoms with Gasteiger partial charge in [-0.2, -0.15) is 0 Å². The van der Waals surface area contributed by atoms with Crippen LogP contribution in [0.1, 0.15) is 12.5 Å². The number of ether oxygens (including phenoxy) is 1. The van der Waals surface area contributed by atoms with Crippen LogP contribution in [0.5, 0.6) is 5.75 Å². The average molecular weight is 279 g/mol. The third-order valence-electron chi connectivity index (χ3n) is 2.50. The summed E-state index contributed by atoms with van der Waals surface area (Å²) in [6.45, 7) is 8.62. The molecule has 3 nitrogen and oxygen atoms in total. The van der Waals surface area contributed by atoms with E-state index in [0.717, 1.165) is 11.5 Å². The highest BCUT2D eigenvalue weighted by atomic mass is 32.2. The third-order valence-corrected chi connectivity index (χ3v) is 3.62. The number of aryl methyl sites for hydroxylation is 1. The molecule has 1 atom stereocenters. The van der Waals surface area contributed by atoms with Crippen LogP contribution < -0.4 is 10.1 Å². The molecular formula is C15H21NO2S. The molecule has 1 unspecified atom stereocenters. The van der Waals surface area contributed by atoms with Crippen molar-refractivity contribution in [1.82, 2.24) is 5.32 Å². The minimum atomic E-state index is -0.0685. The second-order valence-electron chi connectivity index (χ2n) is 4.21. The van der Waals surface area contributed by atoms with Gasteiger partial charge in [0.25, 0.3) is 0 Å². The quantitative estimate of drug-likeness (QED) is 0.587. The van der Waals surface area contributed by atoms with Crippen LogP contribution in [0.3, 0.4) is 0 Å². The molecule has 0 aliphatic carbocycles. The largest absolute Gasteiger partial charge is 0.493 e. The Morgan fingerprint density at radius 2 is 2.37 bits per heavy atom. The highest BCUT2D eigenvalue weighted by Gasteiger charge is 2.11. The number of benzene rings is 1. The highest BCUT2D eigenvalue weighted by Crippen LogP contribution is 2.14. The predicted octanol–water partition coefficient (Wildman–Crippen LogP) is 2.80. The number of carbonyl (C=O) groups is 1. The van der Waals surface area contributed by atoms with Gasteiger partial charge in [-0.15, -0.1) is 18.3 Å². The Labute approximate surface area is 119 Å². The Morgan fingerprint density at radius 1 is 1.58 bits per heavy atom. The Hall–Kier alpha value is -1.42. The van der Waals surface area contributed by atoms with E-state index in [0.29, 0.717) is 13.2 Å². The molecule has 1 amide bonds. The normalized spacial score (nSPS) is 11.7. The third kappa shape index (κ3) is 6.34. The fraction of sp³-hybridized carbons (Fsp3) is 0.400. The van der Waals surface area contributed by atoms with Gasteiger partial charge in [-0.3, -0.25) is 4.79 Å². The average Bonchev–Trinajstić information content (AvgIpc) is 2.40. The maximum absolute atomic E-state index is 11.6. The number of nitrogens with one attached hydrogen (secondary N) is 1. The first-order valence-electron chi connectivity index (χ1n) is 6.33. The number of rotatable bonds is 8. The Kier molecular flexibility index (Phi) is 7.11. The van der Waals surface area contributed by atoms with Crippen LogP contribution in [0.15, 0.2) is 36.9 Å². The molecular weight excluding hydrogens is 258 g/mol. The number of carbonyl (C=O) groups excluding carboxylic acids is 1. The Bertz CT molecular complexity index is 420. The minimum absolute atomic E-state index is 0.0421. The molecule has 0 spiro atoms. The summed E-state index contributed by atoms with van der Waals surface area (Å²) in [5.41, 5.74) is 1.18.